The minimum absolute atomic E-state index is 0.208. The summed E-state index contributed by atoms with van der Waals surface area (Å²) in [5.41, 5.74) is -0.417. The number of aliphatic hydroxyl groups excluding tert-OH is 1. The van der Waals surface area contributed by atoms with Gasteiger partial charge in [0.25, 0.3) is 0 Å². The second-order valence-electron chi connectivity index (χ2n) is 8.35. The molecule has 2 saturated heterocycles. The summed E-state index contributed by atoms with van der Waals surface area (Å²) in [6, 6.07) is 2.08. The van der Waals surface area contributed by atoms with Gasteiger partial charge < -0.3 is 19.6 Å². The number of anilines is 2. The summed E-state index contributed by atoms with van der Waals surface area (Å²) >= 11 is 0. The van der Waals surface area contributed by atoms with Crippen molar-refractivity contribution in [3.63, 3.8) is 0 Å². The molecule has 2 fully saturated rings. The fourth-order valence-corrected chi connectivity index (χ4v) is 4.05. The molecule has 0 aliphatic carbocycles. The van der Waals surface area contributed by atoms with E-state index in [2.05, 4.69) is 53.5 Å². The van der Waals surface area contributed by atoms with Crippen molar-refractivity contribution in [3.8, 4) is 0 Å². The Morgan fingerprint density at radius 2 is 1.75 bits per heavy atom. The van der Waals surface area contributed by atoms with E-state index in [1.807, 2.05) is 0 Å². The monoisotopic (exact) mass is 334 g/mol. The molecular formula is C18H30N4O2. The number of aromatic nitrogens is 2. The highest BCUT2D eigenvalue weighted by molar-refractivity contribution is 5.51. The minimum atomic E-state index is -0.208. The van der Waals surface area contributed by atoms with Gasteiger partial charge in [0.15, 0.2) is 0 Å². The van der Waals surface area contributed by atoms with Crippen molar-refractivity contribution in [2.24, 2.45) is 5.92 Å². The van der Waals surface area contributed by atoms with E-state index < -0.39 is 0 Å². The van der Waals surface area contributed by atoms with Gasteiger partial charge in [-0.05, 0) is 46.5 Å². The summed E-state index contributed by atoms with van der Waals surface area (Å²) in [4.78, 5) is 13.5. The number of hydrogen-bond donors (Lipinski definition) is 1. The van der Waals surface area contributed by atoms with Gasteiger partial charge >= 0.3 is 0 Å². The molecule has 2 aliphatic rings. The molecule has 1 aromatic heterocycles. The van der Waals surface area contributed by atoms with Crippen LogP contribution in [0.3, 0.4) is 0 Å². The van der Waals surface area contributed by atoms with E-state index in [-0.39, 0.29) is 17.8 Å². The molecule has 1 N–H and O–H groups in total. The molecule has 134 valence electrons. The Hall–Kier alpha value is -1.40. The van der Waals surface area contributed by atoms with Gasteiger partial charge in [0.05, 0.1) is 11.2 Å². The Bertz CT molecular complexity index is 560. The Morgan fingerprint density at radius 1 is 1.12 bits per heavy atom. The number of morpholine rings is 1. The molecular weight excluding hydrogens is 304 g/mol. The summed E-state index contributed by atoms with van der Waals surface area (Å²) in [6.07, 6.45) is 3.85. The quantitative estimate of drug-likeness (QED) is 0.913. The molecule has 0 spiro atoms. The van der Waals surface area contributed by atoms with Crippen molar-refractivity contribution in [2.45, 2.75) is 51.7 Å². The first-order valence-corrected chi connectivity index (χ1v) is 8.91. The summed E-state index contributed by atoms with van der Waals surface area (Å²) < 4.78 is 6.16. The van der Waals surface area contributed by atoms with Crippen molar-refractivity contribution in [3.05, 3.63) is 12.4 Å². The van der Waals surface area contributed by atoms with E-state index in [1.165, 1.54) is 0 Å². The van der Waals surface area contributed by atoms with Crippen LogP contribution >= 0.6 is 0 Å². The fraction of sp³-hybridized carbons (Fsp3) is 0.778. The molecule has 3 rings (SSSR count). The normalized spacial score (nSPS) is 26.5. The second kappa shape index (κ2) is 6.48. The van der Waals surface area contributed by atoms with Crippen molar-refractivity contribution in [2.75, 3.05) is 42.6 Å². The van der Waals surface area contributed by atoms with E-state index >= 15 is 0 Å². The summed E-state index contributed by atoms with van der Waals surface area (Å²) in [6.45, 7) is 12.2. The molecule has 3 heterocycles. The molecule has 24 heavy (non-hydrogen) atoms. The molecule has 2 aliphatic heterocycles. The van der Waals surface area contributed by atoms with Crippen LogP contribution in [0.2, 0.25) is 0 Å². The Morgan fingerprint density at radius 3 is 2.38 bits per heavy atom. The first-order valence-electron chi connectivity index (χ1n) is 8.91. The molecule has 1 atom stereocenters. The summed E-state index contributed by atoms with van der Waals surface area (Å²) in [7, 11) is 0. The average molecular weight is 334 g/mol. The van der Waals surface area contributed by atoms with Crippen LogP contribution in [0.1, 0.15) is 40.5 Å². The third-order valence-electron chi connectivity index (χ3n) is 4.76. The third-order valence-corrected chi connectivity index (χ3v) is 4.76. The lowest BCUT2D eigenvalue weighted by Crippen LogP contribution is -2.57. The molecule has 6 nitrogen and oxygen atoms in total. The van der Waals surface area contributed by atoms with Gasteiger partial charge in [0.1, 0.15) is 18.0 Å². The third kappa shape index (κ3) is 3.98. The maximum absolute atomic E-state index is 9.45. The number of rotatable bonds is 3. The molecule has 1 unspecified atom stereocenters. The predicted octanol–water partition coefficient (Wildman–Crippen LogP) is 2.08. The zero-order chi connectivity index (χ0) is 17.4. The second-order valence-corrected chi connectivity index (χ2v) is 8.35. The van der Waals surface area contributed by atoms with Crippen molar-refractivity contribution < 1.29 is 9.84 Å². The van der Waals surface area contributed by atoms with Gasteiger partial charge in [-0.15, -0.1) is 0 Å². The minimum Gasteiger partial charge on any atom is -0.396 e. The standard InChI is InChI=1S/C18H30N4O2/c1-17(2)11-22(12-18(3,4)24-17)16-8-15(19-13-20-16)21-7-5-6-14(9-21)10-23/h8,13-14,23H,5-7,9-12H2,1-4H3. The van der Waals surface area contributed by atoms with Crippen LogP contribution in [0, 0.1) is 5.92 Å². The Kier molecular flexibility index (Phi) is 4.71. The van der Waals surface area contributed by atoms with Crippen LogP contribution in [0.4, 0.5) is 11.6 Å². The van der Waals surface area contributed by atoms with E-state index in [0.29, 0.717) is 5.92 Å². The van der Waals surface area contributed by atoms with Gasteiger partial charge in [-0.1, -0.05) is 0 Å². The van der Waals surface area contributed by atoms with E-state index in [4.69, 9.17) is 4.74 Å². The van der Waals surface area contributed by atoms with Crippen molar-refractivity contribution >= 4 is 11.6 Å². The topological polar surface area (TPSA) is 61.7 Å². The number of piperidine rings is 1. The molecule has 0 aromatic carbocycles. The van der Waals surface area contributed by atoms with Crippen molar-refractivity contribution in [1.29, 1.82) is 0 Å². The van der Waals surface area contributed by atoms with Gasteiger partial charge in [0.2, 0.25) is 0 Å². The number of nitrogens with zero attached hydrogens (tertiary/aromatic N) is 4. The fourth-order valence-electron chi connectivity index (χ4n) is 4.05. The van der Waals surface area contributed by atoms with E-state index in [1.54, 1.807) is 6.33 Å². The average Bonchev–Trinajstić information content (AvgIpc) is 2.52. The molecule has 0 amide bonds. The molecule has 0 radical (unpaired) electrons. The van der Waals surface area contributed by atoms with Crippen molar-refractivity contribution in [1.82, 2.24) is 9.97 Å². The largest absolute Gasteiger partial charge is 0.396 e. The molecule has 0 bridgehead atoms. The highest BCUT2D eigenvalue weighted by Crippen LogP contribution is 2.32. The SMILES string of the molecule is CC1(C)CN(c2cc(N3CCCC(CO)C3)ncn2)CC(C)(C)O1. The lowest BCUT2D eigenvalue weighted by atomic mass is 9.98. The van der Waals surface area contributed by atoms with Crippen LogP contribution in [0.5, 0.6) is 0 Å². The molecule has 6 heteroatoms. The van der Waals surface area contributed by atoms with Gasteiger partial charge in [0, 0.05) is 38.9 Å². The maximum Gasteiger partial charge on any atom is 0.134 e. The highest BCUT2D eigenvalue weighted by Gasteiger charge is 2.38. The number of ether oxygens (including phenoxy) is 1. The lowest BCUT2D eigenvalue weighted by molar-refractivity contribution is -0.133. The Labute approximate surface area is 144 Å². The van der Waals surface area contributed by atoms with Crippen LogP contribution in [0.15, 0.2) is 12.4 Å². The van der Waals surface area contributed by atoms with Gasteiger partial charge in [-0.2, -0.15) is 0 Å². The Balaban J connectivity index is 1.80. The van der Waals surface area contributed by atoms with Crippen LogP contribution in [-0.4, -0.2) is 59.1 Å². The van der Waals surface area contributed by atoms with Crippen LogP contribution < -0.4 is 9.80 Å². The first kappa shape index (κ1) is 17.4. The molecule has 0 saturated carbocycles. The van der Waals surface area contributed by atoms with Crippen LogP contribution in [0.25, 0.3) is 0 Å². The first-order chi connectivity index (χ1) is 11.3. The highest BCUT2D eigenvalue weighted by atomic mass is 16.5. The van der Waals surface area contributed by atoms with Gasteiger partial charge in [-0.25, -0.2) is 9.97 Å². The van der Waals surface area contributed by atoms with E-state index in [0.717, 1.165) is 50.7 Å². The smallest absolute Gasteiger partial charge is 0.134 e. The summed E-state index contributed by atoms with van der Waals surface area (Å²) in [5, 5.41) is 9.45. The van der Waals surface area contributed by atoms with Crippen LogP contribution in [-0.2, 0) is 4.74 Å². The number of hydrogen-bond acceptors (Lipinski definition) is 6. The van der Waals surface area contributed by atoms with Gasteiger partial charge in [-0.3, -0.25) is 0 Å². The molecule has 1 aromatic rings. The van der Waals surface area contributed by atoms with E-state index in [9.17, 15) is 5.11 Å². The summed E-state index contributed by atoms with van der Waals surface area (Å²) in [5.74, 6) is 2.26. The predicted molar refractivity (Wildman–Crippen MR) is 95.5 cm³/mol. The number of aliphatic hydroxyl groups is 1. The zero-order valence-corrected chi connectivity index (χ0v) is 15.3. The maximum atomic E-state index is 9.45. The lowest BCUT2D eigenvalue weighted by Gasteiger charge is -2.47. The zero-order valence-electron chi connectivity index (χ0n) is 15.3.